The van der Waals surface area contributed by atoms with E-state index in [-0.39, 0.29) is 5.88 Å². The number of ether oxygens (including phenoxy) is 1. The van der Waals surface area contributed by atoms with Crippen LogP contribution in [0.1, 0.15) is 0 Å². The van der Waals surface area contributed by atoms with E-state index in [4.69, 9.17) is 4.74 Å². The first-order valence-electron chi connectivity index (χ1n) is 8.19. The fourth-order valence-electron chi connectivity index (χ4n) is 2.91. The van der Waals surface area contributed by atoms with E-state index in [1.165, 1.54) is 0 Å². The molecule has 4 rings (SSSR count). The van der Waals surface area contributed by atoms with E-state index in [1.807, 2.05) is 56.6 Å². The number of H-pyrrole nitrogens is 2. The van der Waals surface area contributed by atoms with Crippen molar-refractivity contribution in [3.63, 3.8) is 0 Å². The highest BCUT2D eigenvalue weighted by Gasteiger charge is 2.16. The number of nitrogens with one attached hydrogen (secondary N) is 2. The molecule has 0 fully saturated rings. The van der Waals surface area contributed by atoms with Gasteiger partial charge in [-0.2, -0.15) is 0 Å². The average Bonchev–Trinajstić information content (AvgIpc) is 3.13. The molecule has 128 valence electrons. The van der Waals surface area contributed by atoms with Gasteiger partial charge in [0.1, 0.15) is 18.2 Å². The quantitative estimate of drug-likeness (QED) is 0.522. The summed E-state index contributed by atoms with van der Waals surface area (Å²) in [7, 11) is 4.03. The maximum absolute atomic E-state index is 10.3. The van der Waals surface area contributed by atoms with Gasteiger partial charge in [-0.1, -0.05) is 18.2 Å². The molecule has 0 aliphatic rings. The summed E-state index contributed by atoms with van der Waals surface area (Å²) >= 11 is 0. The van der Waals surface area contributed by atoms with E-state index >= 15 is 0 Å². The third-order valence-corrected chi connectivity index (χ3v) is 4.18. The Morgan fingerprint density at radius 3 is 2.76 bits per heavy atom. The molecule has 0 spiro atoms. The van der Waals surface area contributed by atoms with Crippen molar-refractivity contribution in [3.05, 3.63) is 42.5 Å². The molecule has 2 aromatic carbocycles. The first-order valence-corrected chi connectivity index (χ1v) is 8.19. The van der Waals surface area contributed by atoms with E-state index in [0.717, 1.165) is 34.2 Å². The molecular formula is C19H20N4O2. The first-order chi connectivity index (χ1) is 12.1. The van der Waals surface area contributed by atoms with Crippen molar-refractivity contribution in [1.29, 1.82) is 0 Å². The van der Waals surface area contributed by atoms with E-state index in [9.17, 15) is 5.11 Å². The van der Waals surface area contributed by atoms with Gasteiger partial charge in [-0.3, -0.25) is 0 Å². The monoisotopic (exact) mass is 336 g/mol. The standard InChI is InChI=1S/C19H20N4O2/c1-23(2)9-10-25-12-7-8-15-16(11-12)21-18(20-15)17-13-5-3-4-6-14(13)22-19(17)24/h3-8,11,22,24H,9-10H2,1-2H3,(H,20,21). The Morgan fingerprint density at radius 2 is 1.92 bits per heavy atom. The molecular weight excluding hydrogens is 316 g/mol. The summed E-state index contributed by atoms with van der Waals surface area (Å²) in [6, 6.07) is 13.5. The van der Waals surface area contributed by atoms with Crippen molar-refractivity contribution >= 4 is 21.9 Å². The summed E-state index contributed by atoms with van der Waals surface area (Å²) in [5.74, 6) is 1.55. The lowest BCUT2D eigenvalue weighted by Gasteiger charge is -2.10. The summed E-state index contributed by atoms with van der Waals surface area (Å²) in [5.41, 5.74) is 3.27. The van der Waals surface area contributed by atoms with Crippen LogP contribution in [0, 0.1) is 0 Å². The predicted molar refractivity (Wildman–Crippen MR) is 99.1 cm³/mol. The average molecular weight is 336 g/mol. The predicted octanol–water partition coefficient (Wildman–Crippen LogP) is 3.36. The number of para-hydroxylation sites is 1. The number of fused-ring (bicyclic) bond motifs is 2. The fourth-order valence-corrected chi connectivity index (χ4v) is 2.91. The molecule has 0 saturated carbocycles. The SMILES string of the molecule is CN(C)CCOc1ccc2nc(-c3c(O)[nH]c4ccccc34)[nH]c2c1. The second kappa shape index (κ2) is 6.14. The van der Waals surface area contributed by atoms with Gasteiger partial charge in [-0.15, -0.1) is 0 Å². The molecule has 0 aliphatic heterocycles. The number of aromatic nitrogens is 3. The summed E-state index contributed by atoms with van der Waals surface area (Å²) in [6.07, 6.45) is 0. The van der Waals surface area contributed by atoms with Crippen LogP contribution >= 0.6 is 0 Å². The number of nitrogens with zero attached hydrogens (tertiary/aromatic N) is 2. The van der Waals surface area contributed by atoms with Crippen molar-refractivity contribution in [3.8, 4) is 23.0 Å². The van der Waals surface area contributed by atoms with Gasteiger partial charge in [-0.25, -0.2) is 4.98 Å². The van der Waals surface area contributed by atoms with Crippen LogP contribution < -0.4 is 4.74 Å². The van der Waals surface area contributed by atoms with E-state index in [0.29, 0.717) is 18.0 Å². The van der Waals surface area contributed by atoms with Crippen LogP contribution in [0.15, 0.2) is 42.5 Å². The molecule has 0 radical (unpaired) electrons. The van der Waals surface area contributed by atoms with Crippen molar-refractivity contribution < 1.29 is 9.84 Å². The second-order valence-electron chi connectivity index (χ2n) is 6.31. The van der Waals surface area contributed by atoms with Gasteiger partial charge in [0.15, 0.2) is 0 Å². The zero-order chi connectivity index (χ0) is 17.4. The molecule has 0 atom stereocenters. The molecule has 3 N–H and O–H groups in total. The van der Waals surface area contributed by atoms with Gasteiger partial charge in [0.2, 0.25) is 5.88 Å². The summed E-state index contributed by atoms with van der Waals surface area (Å²) in [5, 5.41) is 11.2. The minimum absolute atomic E-state index is 0.114. The maximum Gasteiger partial charge on any atom is 0.200 e. The first kappa shape index (κ1) is 15.5. The third-order valence-electron chi connectivity index (χ3n) is 4.18. The molecule has 0 saturated heterocycles. The Bertz CT molecular complexity index is 1030. The highest BCUT2D eigenvalue weighted by molar-refractivity contribution is 5.98. The Hall–Kier alpha value is -2.99. The Morgan fingerprint density at radius 1 is 1.08 bits per heavy atom. The number of rotatable bonds is 5. The van der Waals surface area contributed by atoms with E-state index in [2.05, 4.69) is 19.9 Å². The van der Waals surface area contributed by atoms with Gasteiger partial charge < -0.3 is 24.7 Å². The highest BCUT2D eigenvalue weighted by atomic mass is 16.5. The molecule has 25 heavy (non-hydrogen) atoms. The smallest absolute Gasteiger partial charge is 0.200 e. The second-order valence-corrected chi connectivity index (χ2v) is 6.31. The highest BCUT2D eigenvalue weighted by Crippen LogP contribution is 2.36. The largest absolute Gasteiger partial charge is 0.494 e. The lowest BCUT2D eigenvalue weighted by molar-refractivity contribution is 0.261. The minimum atomic E-state index is 0.114. The molecule has 6 nitrogen and oxygen atoms in total. The van der Waals surface area contributed by atoms with Crippen LogP contribution in [-0.4, -0.2) is 52.2 Å². The molecule has 0 amide bonds. The van der Waals surface area contributed by atoms with E-state index < -0.39 is 0 Å². The van der Waals surface area contributed by atoms with Gasteiger partial charge in [0.05, 0.1) is 16.6 Å². The molecule has 0 aliphatic carbocycles. The zero-order valence-electron chi connectivity index (χ0n) is 14.2. The lowest BCUT2D eigenvalue weighted by atomic mass is 10.1. The number of aromatic hydroxyl groups is 1. The number of aromatic amines is 2. The maximum atomic E-state index is 10.3. The normalized spacial score (nSPS) is 11.6. The summed E-state index contributed by atoms with van der Waals surface area (Å²) in [6.45, 7) is 1.48. The van der Waals surface area contributed by atoms with Gasteiger partial charge in [0.25, 0.3) is 0 Å². The van der Waals surface area contributed by atoms with Crippen LogP contribution in [0.2, 0.25) is 0 Å². The van der Waals surface area contributed by atoms with Crippen LogP contribution in [-0.2, 0) is 0 Å². The van der Waals surface area contributed by atoms with Crippen molar-refractivity contribution in [1.82, 2.24) is 19.9 Å². The van der Waals surface area contributed by atoms with Crippen molar-refractivity contribution in [2.45, 2.75) is 0 Å². The van der Waals surface area contributed by atoms with E-state index in [1.54, 1.807) is 0 Å². The molecule has 0 bridgehead atoms. The number of hydrogen-bond donors (Lipinski definition) is 3. The van der Waals surface area contributed by atoms with Crippen LogP contribution in [0.5, 0.6) is 11.6 Å². The number of benzene rings is 2. The summed E-state index contributed by atoms with van der Waals surface area (Å²) in [4.78, 5) is 13.0. The minimum Gasteiger partial charge on any atom is -0.494 e. The van der Waals surface area contributed by atoms with Gasteiger partial charge in [0, 0.05) is 23.5 Å². The number of likely N-dealkylation sites (N-methyl/N-ethyl adjacent to an activating group) is 1. The Kier molecular flexibility index (Phi) is 3.82. The summed E-state index contributed by atoms with van der Waals surface area (Å²) < 4.78 is 5.77. The fraction of sp³-hybridized carbons (Fsp3) is 0.211. The lowest BCUT2D eigenvalue weighted by Crippen LogP contribution is -2.19. The Labute approximate surface area is 145 Å². The topological polar surface area (TPSA) is 77.2 Å². The van der Waals surface area contributed by atoms with Crippen molar-refractivity contribution in [2.75, 3.05) is 27.2 Å². The Balaban J connectivity index is 1.70. The third kappa shape index (κ3) is 2.92. The molecule has 2 heterocycles. The van der Waals surface area contributed by atoms with Gasteiger partial charge in [-0.05, 0) is 32.3 Å². The van der Waals surface area contributed by atoms with Crippen LogP contribution in [0.3, 0.4) is 0 Å². The molecule has 4 aromatic rings. The van der Waals surface area contributed by atoms with Crippen LogP contribution in [0.4, 0.5) is 0 Å². The molecule has 2 aromatic heterocycles. The van der Waals surface area contributed by atoms with Crippen molar-refractivity contribution in [2.24, 2.45) is 0 Å². The zero-order valence-corrected chi connectivity index (χ0v) is 14.2. The molecule has 0 unspecified atom stereocenters. The van der Waals surface area contributed by atoms with Gasteiger partial charge >= 0.3 is 0 Å². The molecule has 6 heteroatoms. The number of hydrogen-bond acceptors (Lipinski definition) is 4. The van der Waals surface area contributed by atoms with Crippen LogP contribution in [0.25, 0.3) is 33.3 Å². The number of imidazole rings is 1.